The molecule has 0 aromatic heterocycles. The Bertz CT molecular complexity index is 1300. The van der Waals surface area contributed by atoms with Gasteiger partial charge in [-0.15, -0.1) is 0 Å². The topological polar surface area (TPSA) is 103 Å². The maximum atomic E-state index is 13.4. The van der Waals surface area contributed by atoms with Crippen molar-refractivity contribution in [3.8, 4) is 17.2 Å². The molecule has 0 aliphatic heterocycles. The predicted octanol–water partition coefficient (Wildman–Crippen LogP) is 4.20. The van der Waals surface area contributed by atoms with E-state index in [-0.39, 0.29) is 22.8 Å². The molecule has 0 bridgehead atoms. The zero-order valence-corrected chi connectivity index (χ0v) is 21.4. The molecule has 1 unspecified atom stereocenters. The third-order valence-corrected chi connectivity index (χ3v) is 7.03. The van der Waals surface area contributed by atoms with Gasteiger partial charge in [0, 0.05) is 12.1 Å². The van der Waals surface area contributed by atoms with Crippen LogP contribution in [0.3, 0.4) is 0 Å². The van der Waals surface area contributed by atoms with Crippen LogP contribution in [0.4, 0.5) is 5.69 Å². The number of carbonyl (C=O) groups is 1. The van der Waals surface area contributed by atoms with E-state index in [1.54, 1.807) is 19.1 Å². The SMILES string of the molecule is COc1cc(NC(=O)C(Cc2ccccc2)NS(=O)(=O)c2cc(C)ccc2OC)c(OC)cc1Cl. The predicted molar refractivity (Wildman–Crippen MR) is 135 cm³/mol. The fourth-order valence-electron chi connectivity index (χ4n) is 3.46. The van der Waals surface area contributed by atoms with E-state index in [9.17, 15) is 13.2 Å². The molecule has 10 heteroatoms. The molecule has 0 saturated carbocycles. The van der Waals surface area contributed by atoms with Crippen LogP contribution in [0.2, 0.25) is 5.02 Å². The zero-order chi connectivity index (χ0) is 25.6. The summed E-state index contributed by atoms with van der Waals surface area (Å²) < 4.78 is 45.1. The number of methoxy groups -OCH3 is 3. The quantitative estimate of drug-likeness (QED) is 0.417. The second-order valence-electron chi connectivity index (χ2n) is 7.69. The molecule has 35 heavy (non-hydrogen) atoms. The van der Waals surface area contributed by atoms with E-state index in [1.807, 2.05) is 30.3 Å². The number of ether oxygens (including phenoxy) is 3. The van der Waals surface area contributed by atoms with Gasteiger partial charge < -0.3 is 19.5 Å². The highest BCUT2D eigenvalue weighted by Gasteiger charge is 2.29. The Balaban J connectivity index is 1.98. The van der Waals surface area contributed by atoms with Crippen LogP contribution in [0.15, 0.2) is 65.6 Å². The van der Waals surface area contributed by atoms with E-state index in [1.165, 1.54) is 39.5 Å². The van der Waals surface area contributed by atoms with Crippen molar-refractivity contribution in [1.29, 1.82) is 0 Å². The summed E-state index contributed by atoms with van der Waals surface area (Å²) in [6, 6.07) is 15.8. The Kier molecular flexibility index (Phi) is 8.61. The van der Waals surface area contributed by atoms with Crippen LogP contribution in [-0.4, -0.2) is 41.7 Å². The Hall–Kier alpha value is -3.27. The number of aryl methyl sites for hydroxylation is 1. The molecule has 3 rings (SSSR count). The first-order valence-electron chi connectivity index (χ1n) is 10.6. The largest absolute Gasteiger partial charge is 0.495 e. The van der Waals surface area contributed by atoms with Crippen molar-refractivity contribution >= 4 is 33.2 Å². The first kappa shape index (κ1) is 26.3. The van der Waals surface area contributed by atoms with Crippen LogP contribution < -0.4 is 24.2 Å². The van der Waals surface area contributed by atoms with Gasteiger partial charge >= 0.3 is 0 Å². The van der Waals surface area contributed by atoms with Gasteiger partial charge in [-0.1, -0.05) is 48.0 Å². The molecule has 0 heterocycles. The number of hydrogen-bond acceptors (Lipinski definition) is 6. The lowest BCUT2D eigenvalue weighted by Crippen LogP contribution is -2.45. The number of benzene rings is 3. The molecule has 0 aliphatic carbocycles. The van der Waals surface area contributed by atoms with E-state index in [0.717, 1.165) is 11.1 Å². The molecule has 1 atom stereocenters. The number of sulfonamides is 1. The second-order valence-corrected chi connectivity index (χ2v) is 9.78. The van der Waals surface area contributed by atoms with Gasteiger partial charge in [-0.3, -0.25) is 4.79 Å². The van der Waals surface area contributed by atoms with E-state index in [2.05, 4.69) is 10.0 Å². The minimum absolute atomic E-state index is 0.0587. The van der Waals surface area contributed by atoms with Crippen LogP contribution >= 0.6 is 11.6 Å². The van der Waals surface area contributed by atoms with Crippen LogP contribution in [0.1, 0.15) is 11.1 Å². The summed E-state index contributed by atoms with van der Waals surface area (Å²) >= 11 is 6.16. The smallest absolute Gasteiger partial charge is 0.245 e. The van der Waals surface area contributed by atoms with Gasteiger partial charge in [0.05, 0.1) is 32.0 Å². The van der Waals surface area contributed by atoms with Crippen LogP contribution in [0.5, 0.6) is 17.2 Å². The molecule has 3 aromatic carbocycles. The van der Waals surface area contributed by atoms with E-state index in [0.29, 0.717) is 16.5 Å². The molecule has 0 fully saturated rings. The lowest BCUT2D eigenvalue weighted by atomic mass is 10.1. The highest BCUT2D eigenvalue weighted by Crippen LogP contribution is 2.36. The maximum absolute atomic E-state index is 13.4. The van der Waals surface area contributed by atoms with Crippen molar-refractivity contribution in [3.63, 3.8) is 0 Å². The Labute approximate surface area is 210 Å². The number of carbonyl (C=O) groups excluding carboxylic acids is 1. The molecule has 1 amide bonds. The van der Waals surface area contributed by atoms with Crippen molar-refractivity contribution < 1.29 is 27.4 Å². The number of halogens is 1. The lowest BCUT2D eigenvalue weighted by molar-refractivity contribution is -0.117. The molecule has 0 saturated heterocycles. The van der Waals surface area contributed by atoms with Gasteiger partial charge in [-0.2, -0.15) is 4.72 Å². The molecule has 8 nitrogen and oxygen atoms in total. The number of anilines is 1. The molecule has 2 N–H and O–H groups in total. The third kappa shape index (κ3) is 6.45. The van der Waals surface area contributed by atoms with Crippen molar-refractivity contribution in [3.05, 3.63) is 76.8 Å². The van der Waals surface area contributed by atoms with Crippen LogP contribution in [0.25, 0.3) is 0 Å². The van der Waals surface area contributed by atoms with Gasteiger partial charge in [0.15, 0.2) is 0 Å². The second kappa shape index (κ2) is 11.4. The van der Waals surface area contributed by atoms with Crippen molar-refractivity contribution in [2.75, 3.05) is 26.6 Å². The number of hydrogen-bond donors (Lipinski definition) is 2. The lowest BCUT2D eigenvalue weighted by Gasteiger charge is -2.21. The monoisotopic (exact) mass is 518 g/mol. The summed E-state index contributed by atoms with van der Waals surface area (Å²) in [7, 11) is 0.134. The van der Waals surface area contributed by atoms with Gasteiger partial charge in [0.25, 0.3) is 0 Å². The van der Waals surface area contributed by atoms with E-state index in [4.69, 9.17) is 25.8 Å². The van der Waals surface area contributed by atoms with Crippen LogP contribution in [0, 0.1) is 6.92 Å². The standard InChI is InChI=1S/C25H27ClN2O6S/c1-16-10-11-21(32-2)24(12-16)35(30,31)28-20(13-17-8-6-5-7-9-17)25(29)27-19-15-22(33-3)18(26)14-23(19)34-4/h5-12,14-15,20,28H,13H2,1-4H3,(H,27,29). The molecule has 186 valence electrons. The van der Waals surface area contributed by atoms with Gasteiger partial charge in [-0.05, 0) is 36.6 Å². The number of amides is 1. The maximum Gasteiger partial charge on any atom is 0.245 e. The van der Waals surface area contributed by atoms with E-state index < -0.39 is 22.0 Å². The Morgan fingerprint density at radius 3 is 2.20 bits per heavy atom. The van der Waals surface area contributed by atoms with Crippen molar-refractivity contribution in [2.24, 2.45) is 0 Å². The summed E-state index contributed by atoms with van der Waals surface area (Å²) in [5.74, 6) is 0.205. The van der Waals surface area contributed by atoms with Crippen molar-refractivity contribution in [2.45, 2.75) is 24.3 Å². The fourth-order valence-corrected chi connectivity index (χ4v) is 5.14. The Morgan fingerprint density at radius 1 is 0.914 bits per heavy atom. The number of nitrogens with one attached hydrogen (secondary N) is 2. The fraction of sp³-hybridized carbons (Fsp3) is 0.240. The molecule has 0 radical (unpaired) electrons. The van der Waals surface area contributed by atoms with Crippen LogP contribution in [-0.2, 0) is 21.2 Å². The molecule has 0 spiro atoms. The molecular formula is C25H27ClN2O6S. The third-order valence-electron chi connectivity index (χ3n) is 5.24. The highest BCUT2D eigenvalue weighted by molar-refractivity contribution is 7.89. The zero-order valence-electron chi connectivity index (χ0n) is 19.8. The van der Waals surface area contributed by atoms with Gasteiger partial charge in [0.1, 0.15) is 28.2 Å². The summed E-state index contributed by atoms with van der Waals surface area (Å²) in [5.41, 5.74) is 1.78. The summed E-state index contributed by atoms with van der Waals surface area (Å²) in [6.07, 6.45) is 0.104. The normalized spacial score (nSPS) is 12.0. The minimum Gasteiger partial charge on any atom is -0.495 e. The number of rotatable bonds is 10. The molecule has 0 aliphatic rings. The molecule has 3 aromatic rings. The average molecular weight is 519 g/mol. The first-order chi connectivity index (χ1) is 16.7. The van der Waals surface area contributed by atoms with Gasteiger partial charge in [-0.25, -0.2) is 8.42 Å². The Morgan fingerprint density at radius 2 is 1.57 bits per heavy atom. The minimum atomic E-state index is -4.13. The highest BCUT2D eigenvalue weighted by atomic mass is 35.5. The summed E-state index contributed by atoms with van der Waals surface area (Å²) in [5, 5.41) is 3.04. The van der Waals surface area contributed by atoms with Crippen molar-refractivity contribution in [1.82, 2.24) is 4.72 Å². The first-order valence-corrected chi connectivity index (χ1v) is 12.5. The van der Waals surface area contributed by atoms with Gasteiger partial charge in [0.2, 0.25) is 15.9 Å². The average Bonchev–Trinajstić information content (AvgIpc) is 2.84. The molecular weight excluding hydrogens is 492 g/mol. The van der Waals surface area contributed by atoms with E-state index >= 15 is 0 Å². The summed E-state index contributed by atoms with van der Waals surface area (Å²) in [4.78, 5) is 13.3. The summed E-state index contributed by atoms with van der Waals surface area (Å²) in [6.45, 7) is 1.77.